The summed E-state index contributed by atoms with van der Waals surface area (Å²) in [5, 5.41) is 7.62. The zero-order valence-corrected chi connectivity index (χ0v) is 14.5. The normalized spacial score (nSPS) is 17.0. The average Bonchev–Trinajstić information content (AvgIpc) is 2.99. The Labute approximate surface area is 147 Å². The molecular formula is C17H24N6O2. The molecular weight excluding hydrogens is 320 g/mol. The number of fused-ring (bicyclic) bond motifs is 1. The van der Waals surface area contributed by atoms with Crippen LogP contribution in [-0.2, 0) is 22.6 Å². The van der Waals surface area contributed by atoms with Crippen LogP contribution in [0.4, 0.5) is 5.95 Å². The number of aromatic nitrogens is 4. The molecule has 3 rings (SSSR count). The lowest BCUT2D eigenvalue weighted by atomic mass is 10.1. The Morgan fingerprint density at radius 3 is 2.96 bits per heavy atom. The lowest BCUT2D eigenvalue weighted by Gasteiger charge is -2.24. The standard InChI is InChI=1S/C17H24N6O2/c1-2-25-13-16(24)22-10-14(11-23-15(12-22)5-9-21-23)4-8-20-17-18-6-3-7-19-17/h3,5-7,9,14H,2,4,8,10-13H2,1H3,(H,18,19,20)/t14-/m1/s1. The molecule has 2 aromatic rings. The Bertz CT molecular complexity index is 675. The Hall–Kier alpha value is -2.48. The van der Waals surface area contributed by atoms with Gasteiger partial charge in [0.05, 0.1) is 12.2 Å². The number of amides is 1. The van der Waals surface area contributed by atoms with Gasteiger partial charge in [-0.25, -0.2) is 9.97 Å². The first-order valence-corrected chi connectivity index (χ1v) is 8.63. The largest absolute Gasteiger partial charge is 0.372 e. The number of ether oxygens (including phenoxy) is 1. The summed E-state index contributed by atoms with van der Waals surface area (Å²) in [4.78, 5) is 22.6. The first-order chi connectivity index (χ1) is 12.3. The van der Waals surface area contributed by atoms with E-state index < -0.39 is 0 Å². The Morgan fingerprint density at radius 2 is 2.16 bits per heavy atom. The van der Waals surface area contributed by atoms with Crippen molar-refractivity contribution < 1.29 is 9.53 Å². The van der Waals surface area contributed by atoms with Crippen LogP contribution in [0.3, 0.4) is 0 Å². The molecule has 0 saturated heterocycles. The van der Waals surface area contributed by atoms with Gasteiger partial charge in [0, 0.05) is 44.8 Å². The SMILES string of the molecule is CCOCC(=O)N1Cc2ccnn2C[C@H](CCNc2ncccn2)C1. The summed E-state index contributed by atoms with van der Waals surface area (Å²) < 4.78 is 7.29. The van der Waals surface area contributed by atoms with Crippen LogP contribution in [0.25, 0.3) is 0 Å². The first-order valence-electron chi connectivity index (χ1n) is 8.63. The van der Waals surface area contributed by atoms with Crippen LogP contribution < -0.4 is 5.32 Å². The molecule has 0 spiro atoms. The minimum absolute atomic E-state index is 0.0286. The van der Waals surface area contributed by atoms with Gasteiger partial charge >= 0.3 is 0 Å². The fraction of sp³-hybridized carbons (Fsp3) is 0.529. The minimum Gasteiger partial charge on any atom is -0.372 e. The molecule has 8 heteroatoms. The summed E-state index contributed by atoms with van der Waals surface area (Å²) in [6, 6.07) is 3.76. The summed E-state index contributed by atoms with van der Waals surface area (Å²) in [5.74, 6) is 0.962. The van der Waals surface area contributed by atoms with E-state index >= 15 is 0 Å². The first kappa shape index (κ1) is 17.3. The molecule has 25 heavy (non-hydrogen) atoms. The highest BCUT2D eigenvalue weighted by molar-refractivity contribution is 5.77. The van der Waals surface area contributed by atoms with Gasteiger partial charge in [0.25, 0.3) is 0 Å². The number of carbonyl (C=O) groups excluding carboxylic acids is 1. The number of nitrogens with one attached hydrogen (secondary N) is 1. The van der Waals surface area contributed by atoms with Crippen molar-refractivity contribution in [3.05, 3.63) is 36.4 Å². The predicted octanol–water partition coefficient (Wildman–Crippen LogP) is 1.17. The van der Waals surface area contributed by atoms with Crippen LogP contribution in [0.15, 0.2) is 30.7 Å². The van der Waals surface area contributed by atoms with Crippen molar-refractivity contribution in [3.63, 3.8) is 0 Å². The van der Waals surface area contributed by atoms with E-state index in [1.807, 2.05) is 22.6 Å². The van der Waals surface area contributed by atoms with E-state index in [9.17, 15) is 4.79 Å². The molecule has 1 aliphatic heterocycles. The number of hydrogen-bond donors (Lipinski definition) is 1. The maximum atomic E-state index is 12.4. The maximum Gasteiger partial charge on any atom is 0.248 e. The van der Waals surface area contributed by atoms with Gasteiger partial charge in [-0.05, 0) is 31.4 Å². The molecule has 0 fully saturated rings. The molecule has 1 atom stereocenters. The average molecular weight is 344 g/mol. The van der Waals surface area contributed by atoms with Gasteiger partial charge in [0.2, 0.25) is 11.9 Å². The third-order valence-electron chi connectivity index (χ3n) is 4.25. The molecule has 134 valence electrons. The van der Waals surface area contributed by atoms with Gasteiger partial charge in [-0.2, -0.15) is 5.10 Å². The number of rotatable bonds is 7. The van der Waals surface area contributed by atoms with Crippen LogP contribution in [0.2, 0.25) is 0 Å². The Balaban J connectivity index is 1.61. The molecule has 0 radical (unpaired) electrons. The fourth-order valence-corrected chi connectivity index (χ4v) is 2.96. The van der Waals surface area contributed by atoms with Crippen molar-refractivity contribution in [1.29, 1.82) is 0 Å². The lowest BCUT2D eigenvalue weighted by molar-refractivity contribution is -0.137. The Kier molecular flexibility index (Phi) is 5.95. The highest BCUT2D eigenvalue weighted by atomic mass is 16.5. The second-order valence-corrected chi connectivity index (χ2v) is 6.07. The molecule has 3 heterocycles. The van der Waals surface area contributed by atoms with Crippen molar-refractivity contribution >= 4 is 11.9 Å². The van der Waals surface area contributed by atoms with E-state index in [0.717, 1.165) is 25.2 Å². The van der Waals surface area contributed by atoms with Gasteiger partial charge in [-0.15, -0.1) is 0 Å². The molecule has 0 saturated carbocycles. The van der Waals surface area contributed by atoms with Crippen molar-refractivity contribution in [2.75, 3.05) is 31.6 Å². The predicted molar refractivity (Wildman–Crippen MR) is 92.8 cm³/mol. The van der Waals surface area contributed by atoms with Crippen molar-refractivity contribution in [3.8, 4) is 0 Å². The zero-order chi connectivity index (χ0) is 17.5. The third kappa shape index (κ3) is 4.76. The number of carbonyl (C=O) groups is 1. The van der Waals surface area contributed by atoms with E-state index in [2.05, 4.69) is 20.4 Å². The topological polar surface area (TPSA) is 85.2 Å². The molecule has 1 aliphatic rings. The number of hydrogen-bond acceptors (Lipinski definition) is 6. The molecule has 1 N–H and O–H groups in total. The molecule has 0 aromatic carbocycles. The second-order valence-electron chi connectivity index (χ2n) is 6.07. The van der Waals surface area contributed by atoms with Crippen LogP contribution in [0.5, 0.6) is 0 Å². The van der Waals surface area contributed by atoms with E-state index in [-0.39, 0.29) is 12.5 Å². The van der Waals surface area contributed by atoms with Crippen LogP contribution in [0, 0.1) is 5.92 Å². The van der Waals surface area contributed by atoms with Crippen LogP contribution in [-0.4, -0.2) is 56.9 Å². The molecule has 2 aromatic heterocycles. The zero-order valence-electron chi connectivity index (χ0n) is 14.5. The van der Waals surface area contributed by atoms with Crippen LogP contribution in [0.1, 0.15) is 19.0 Å². The Morgan fingerprint density at radius 1 is 1.32 bits per heavy atom. The van der Waals surface area contributed by atoms with Gasteiger partial charge < -0.3 is 15.0 Å². The van der Waals surface area contributed by atoms with Crippen molar-refractivity contribution in [2.24, 2.45) is 5.92 Å². The van der Waals surface area contributed by atoms with E-state index in [1.165, 1.54) is 0 Å². The second kappa shape index (κ2) is 8.57. The molecule has 1 amide bonds. The van der Waals surface area contributed by atoms with Crippen LogP contribution >= 0.6 is 0 Å². The van der Waals surface area contributed by atoms with Gasteiger partial charge in [0.15, 0.2) is 0 Å². The minimum atomic E-state index is 0.0286. The maximum absolute atomic E-state index is 12.4. The number of anilines is 1. The van der Waals surface area contributed by atoms with Gasteiger partial charge in [-0.1, -0.05) is 0 Å². The monoisotopic (exact) mass is 344 g/mol. The molecule has 0 unspecified atom stereocenters. The summed E-state index contributed by atoms with van der Waals surface area (Å²) in [7, 11) is 0. The van der Waals surface area contributed by atoms with Crippen molar-refractivity contribution in [1.82, 2.24) is 24.6 Å². The molecule has 0 aliphatic carbocycles. The number of nitrogens with zero attached hydrogens (tertiary/aromatic N) is 5. The summed E-state index contributed by atoms with van der Waals surface area (Å²) in [6.45, 7) is 5.40. The fourth-order valence-electron chi connectivity index (χ4n) is 2.96. The molecule has 0 bridgehead atoms. The summed E-state index contributed by atoms with van der Waals surface area (Å²) in [6.07, 6.45) is 6.12. The van der Waals surface area contributed by atoms with Gasteiger partial charge in [-0.3, -0.25) is 9.48 Å². The smallest absolute Gasteiger partial charge is 0.248 e. The van der Waals surface area contributed by atoms with Crippen molar-refractivity contribution in [2.45, 2.75) is 26.4 Å². The quantitative estimate of drug-likeness (QED) is 0.812. The lowest BCUT2D eigenvalue weighted by Crippen LogP contribution is -2.36. The van der Waals surface area contributed by atoms with E-state index in [4.69, 9.17) is 4.74 Å². The third-order valence-corrected chi connectivity index (χ3v) is 4.25. The van der Waals surface area contributed by atoms with E-state index in [1.54, 1.807) is 24.7 Å². The van der Waals surface area contributed by atoms with E-state index in [0.29, 0.717) is 31.6 Å². The molecule has 8 nitrogen and oxygen atoms in total. The summed E-state index contributed by atoms with van der Waals surface area (Å²) in [5.41, 5.74) is 1.06. The highest BCUT2D eigenvalue weighted by Crippen LogP contribution is 2.18. The summed E-state index contributed by atoms with van der Waals surface area (Å²) >= 11 is 0. The highest BCUT2D eigenvalue weighted by Gasteiger charge is 2.25. The van der Waals surface area contributed by atoms with Gasteiger partial charge in [0.1, 0.15) is 6.61 Å².